The molecule has 1 aliphatic heterocycles. The van der Waals surface area contributed by atoms with Gasteiger partial charge in [0, 0.05) is 30.5 Å². The van der Waals surface area contributed by atoms with Crippen LogP contribution >= 0.6 is 0 Å². The summed E-state index contributed by atoms with van der Waals surface area (Å²) >= 11 is 0. The number of carbonyl (C=O) groups is 2. The van der Waals surface area contributed by atoms with Gasteiger partial charge < -0.3 is 20.1 Å². The maximum atomic E-state index is 11.4. The van der Waals surface area contributed by atoms with E-state index >= 15 is 0 Å². The van der Waals surface area contributed by atoms with E-state index in [9.17, 15) is 14.7 Å². The molecule has 0 aliphatic carbocycles. The van der Waals surface area contributed by atoms with Gasteiger partial charge in [0.15, 0.2) is 0 Å². The number of carboxylic acids is 1. The molecule has 0 radical (unpaired) electrons. The maximum Gasteiger partial charge on any atom is 0.248 e. The van der Waals surface area contributed by atoms with E-state index in [0.717, 1.165) is 24.9 Å². The van der Waals surface area contributed by atoms with Gasteiger partial charge in [0.25, 0.3) is 0 Å². The Morgan fingerprint density at radius 1 is 1.05 bits per heavy atom. The fraction of sp³-hybridized carbons (Fsp3) is 0.333. The van der Waals surface area contributed by atoms with Crippen molar-refractivity contribution in [3.63, 3.8) is 0 Å². The number of amides is 1. The first-order valence-corrected chi connectivity index (χ1v) is 6.70. The minimum absolute atomic E-state index is 0.486. The lowest BCUT2D eigenvalue weighted by atomic mass is 10.1. The average molecular weight is 273 g/mol. The van der Waals surface area contributed by atoms with E-state index in [1.165, 1.54) is 19.3 Å². The Labute approximate surface area is 117 Å². The lowest BCUT2D eigenvalue weighted by Crippen LogP contribution is -2.29. The summed E-state index contributed by atoms with van der Waals surface area (Å²) in [6.45, 7) is 2.14. The van der Waals surface area contributed by atoms with Crippen LogP contribution < -0.4 is 15.3 Å². The molecular formula is C15H17N2O3-. The van der Waals surface area contributed by atoms with Crippen molar-refractivity contribution in [2.75, 3.05) is 23.3 Å². The van der Waals surface area contributed by atoms with Crippen LogP contribution in [0.2, 0.25) is 0 Å². The Bertz CT molecular complexity index is 502. The molecule has 0 spiro atoms. The van der Waals surface area contributed by atoms with Crippen molar-refractivity contribution in [2.45, 2.75) is 19.3 Å². The Morgan fingerprint density at radius 3 is 2.30 bits per heavy atom. The van der Waals surface area contributed by atoms with Gasteiger partial charge in [0.05, 0.1) is 5.97 Å². The zero-order valence-electron chi connectivity index (χ0n) is 11.2. The summed E-state index contributed by atoms with van der Waals surface area (Å²) in [5, 5.41) is 12.8. The number of rotatable bonds is 4. The number of nitrogens with zero attached hydrogens (tertiary/aromatic N) is 1. The smallest absolute Gasteiger partial charge is 0.248 e. The van der Waals surface area contributed by atoms with E-state index in [1.54, 1.807) is 0 Å². The predicted molar refractivity (Wildman–Crippen MR) is 75.3 cm³/mol. The van der Waals surface area contributed by atoms with Crippen LogP contribution in [0.3, 0.4) is 0 Å². The molecule has 1 saturated heterocycles. The lowest BCUT2D eigenvalue weighted by Gasteiger charge is -2.28. The second-order valence-electron chi connectivity index (χ2n) is 4.74. The second kappa shape index (κ2) is 6.75. The van der Waals surface area contributed by atoms with Gasteiger partial charge in [-0.2, -0.15) is 0 Å². The van der Waals surface area contributed by atoms with E-state index in [-0.39, 0.29) is 0 Å². The molecule has 2 rings (SSSR count). The first kappa shape index (κ1) is 14.1. The Balaban J connectivity index is 1.94. The minimum Gasteiger partial charge on any atom is -0.545 e. The Hall–Kier alpha value is -2.30. The monoisotopic (exact) mass is 273 g/mol. The summed E-state index contributed by atoms with van der Waals surface area (Å²) < 4.78 is 0. The standard InChI is InChI=1S/C15H18N2O3/c18-14(8-9-15(19)20)16-12-4-6-13(7-5-12)17-10-2-1-3-11-17/h4-9H,1-3,10-11H2,(H,16,18)(H,19,20)/p-1/b9-8-. The van der Waals surface area contributed by atoms with Gasteiger partial charge in [-0.1, -0.05) is 0 Å². The van der Waals surface area contributed by atoms with Crippen molar-refractivity contribution in [3.8, 4) is 0 Å². The molecule has 1 aromatic carbocycles. The van der Waals surface area contributed by atoms with E-state index in [1.807, 2.05) is 24.3 Å². The van der Waals surface area contributed by atoms with Crippen molar-refractivity contribution in [2.24, 2.45) is 0 Å². The third-order valence-corrected chi connectivity index (χ3v) is 3.23. The third kappa shape index (κ3) is 4.12. The molecule has 0 unspecified atom stereocenters. The summed E-state index contributed by atoms with van der Waals surface area (Å²) in [7, 11) is 0. The summed E-state index contributed by atoms with van der Waals surface area (Å²) in [6, 6.07) is 7.55. The number of piperidine rings is 1. The van der Waals surface area contributed by atoms with Crippen molar-refractivity contribution < 1.29 is 14.7 Å². The van der Waals surface area contributed by atoms with Crippen LogP contribution in [-0.2, 0) is 9.59 Å². The zero-order chi connectivity index (χ0) is 14.4. The van der Waals surface area contributed by atoms with Crippen LogP contribution in [-0.4, -0.2) is 25.0 Å². The number of aliphatic carboxylic acids is 1. The third-order valence-electron chi connectivity index (χ3n) is 3.23. The first-order valence-electron chi connectivity index (χ1n) is 6.70. The van der Waals surface area contributed by atoms with Crippen LogP contribution in [0.15, 0.2) is 36.4 Å². The van der Waals surface area contributed by atoms with E-state index in [2.05, 4.69) is 10.2 Å². The predicted octanol–water partition coefficient (Wildman–Crippen LogP) is 0.921. The van der Waals surface area contributed by atoms with Crippen molar-refractivity contribution in [1.82, 2.24) is 0 Å². The highest BCUT2D eigenvalue weighted by atomic mass is 16.4. The van der Waals surface area contributed by atoms with E-state index in [0.29, 0.717) is 11.8 Å². The molecule has 5 nitrogen and oxygen atoms in total. The second-order valence-corrected chi connectivity index (χ2v) is 4.74. The van der Waals surface area contributed by atoms with Crippen LogP contribution in [0.25, 0.3) is 0 Å². The highest BCUT2D eigenvalue weighted by molar-refractivity contribution is 6.02. The van der Waals surface area contributed by atoms with E-state index < -0.39 is 11.9 Å². The number of nitrogens with one attached hydrogen (secondary N) is 1. The van der Waals surface area contributed by atoms with Crippen molar-refractivity contribution in [1.29, 1.82) is 0 Å². The van der Waals surface area contributed by atoms with Gasteiger partial charge in [0.2, 0.25) is 5.91 Å². The molecule has 106 valence electrons. The molecule has 0 atom stereocenters. The molecule has 1 N–H and O–H groups in total. The number of carbonyl (C=O) groups excluding carboxylic acids is 2. The molecule has 0 saturated carbocycles. The maximum absolute atomic E-state index is 11.4. The van der Waals surface area contributed by atoms with Crippen LogP contribution in [0, 0.1) is 0 Å². The topological polar surface area (TPSA) is 72.5 Å². The Morgan fingerprint density at radius 2 is 1.70 bits per heavy atom. The van der Waals surface area contributed by atoms with Gasteiger partial charge in [-0.3, -0.25) is 4.79 Å². The highest BCUT2D eigenvalue weighted by Crippen LogP contribution is 2.21. The number of anilines is 2. The van der Waals surface area contributed by atoms with Crippen LogP contribution in [0.5, 0.6) is 0 Å². The zero-order valence-corrected chi connectivity index (χ0v) is 11.2. The summed E-state index contributed by atoms with van der Waals surface area (Å²) in [5.41, 5.74) is 1.78. The molecule has 20 heavy (non-hydrogen) atoms. The van der Waals surface area contributed by atoms with E-state index in [4.69, 9.17) is 0 Å². The molecule has 0 aromatic heterocycles. The molecular weight excluding hydrogens is 256 g/mol. The van der Waals surface area contributed by atoms with Gasteiger partial charge in [-0.05, 0) is 49.6 Å². The molecule has 1 aromatic rings. The molecule has 1 amide bonds. The van der Waals surface area contributed by atoms with Crippen LogP contribution in [0.1, 0.15) is 19.3 Å². The summed E-state index contributed by atoms with van der Waals surface area (Å²) in [6.07, 6.45) is 5.36. The fourth-order valence-corrected chi connectivity index (χ4v) is 2.24. The normalized spacial score (nSPS) is 15.3. The van der Waals surface area contributed by atoms with Gasteiger partial charge in [-0.25, -0.2) is 0 Å². The lowest BCUT2D eigenvalue weighted by molar-refractivity contribution is -0.297. The molecule has 1 aliphatic rings. The highest BCUT2D eigenvalue weighted by Gasteiger charge is 2.10. The number of hydrogen-bond acceptors (Lipinski definition) is 4. The van der Waals surface area contributed by atoms with Gasteiger partial charge >= 0.3 is 0 Å². The average Bonchev–Trinajstić information content (AvgIpc) is 2.47. The molecule has 0 bridgehead atoms. The largest absolute Gasteiger partial charge is 0.545 e. The number of benzene rings is 1. The summed E-state index contributed by atoms with van der Waals surface area (Å²) in [4.78, 5) is 23.9. The minimum atomic E-state index is -1.39. The van der Waals surface area contributed by atoms with Gasteiger partial charge in [-0.15, -0.1) is 0 Å². The summed E-state index contributed by atoms with van der Waals surface area (Å²) in [5.74, 6) is -1.87. The number of hydrogen-bond donors (Lipinski definition) is 1. The Kier molecular flexibility index (Phi) is 4.76. The van der Waals surface area contributed by atoms with Crippen molar-refractivity contribution in [3.05, 3.63) is 36.4 Å². The molecule has 1 fully saturated rings. The molecule has 1 heterocycles. The fourth-order valence-electron chi connectivity index (χ4n) is 2.24. The van der Waals surface area contributed by atoms with Crippen molar-refractivity contribution >= 4 is 23.3 Å². The van der Waals surface area contributed by atoms with Crippen LogP contribution in [0.4, 0.5) is 11.4 Å². The quantitative estimate of drug-likeness (QED) is 0.828. The van der Waals surface area contributed by atoms with Gasteiger partial charge in [0.1, 0.15) is 0 Å². The number of carboxylic acid groups (broad SMARTS) is 1. The SMILES string of the molecule is O=C([O-])/C=C\C(=O)Nc1ccc(N2CCCCC2)cc1. The molecule has 5 heteroatoms. The first-order chi connectivity index (χ1) is 9.65.